The summed E-state index contributed by atoms with van der Waals surface area (Å²) in [6.45, 7) is 0.499. The zero-order valence-corrected chi connectivity index (χ0v) is 20.2. The van der Waals surface area contributed by atoms with Gasteiger partial charge in [-0.25, -0.2) is 14.8 Å². The van der Waals surface area contributed by atoms with Crippen LogP contribution in [0.1, 0.15) is 5.56 Å². The van der Waals surface area contributed by atoms with Gasteiger partial charge in [0.25, 0.3) is 0 Å². The number of anilines is 2. The highest BCUT2D eigenvalue weighted by atomic mass is 32.2. The predicted octanol–water partition coefficient (Wildman–Crippen LogP) is 1.52. The lowest BCUT2D eigenvalue weighted by atomic mass is 10.1. The Labute approximate surface area is 210 Å². The van der Waals surface area contributed by atoms with E-state index in [4.69, 9.17) is 9.47 Å². The van der Waals surface area contributed by atoms with Crippen molar-refractivity contribution in [3.63, 3.8) is 0 Å². The molecule has 0 aliphatic carbocycles. The van der Waals surface area contributed by atoms with Crippen molar-refractivity contribution >= 4 is 46.2 Å². The molecule has 0 bridgehead atoms. The molecule has 3 aromatic rings. The van der Waals surface area contributed by atoms with E-state index in [1.165, 1.54) is 23.8 Å². The first-order chi connectivity index (χ1) is 17.4. The van der Waals surface area contributed by atoms with E-state index in [-0.39, 0.29) is 19.0 Å². The maximum atomic E-state index is 12.5. The lowest BCUT2D eigenvalue weighted by molar-refractivity contribution is -0.113. The Hall–Kier alpha value is -3.45. The van der Waals surface area contributed by atoms with Gasteiger partial charge >= 0.3 is 6.09 Å². The molecule has 0 saturated carbocycles. The molecule has 1 aromatic heterocycles. The van der Waals surface area contributed by atoms with E-state index in [1.807, 2.05) is 24.3 Å². The number of hydrogen-bond acceptors (Lipinski definition) is 10. The molecule has 1 saturated heterocycles. The maximum Gasteiger partial charge on any atom is 0.414 e. The summed E-state index contributed by atoms with van der Waals surface area (Å²) in [4.78, 5) is 35.3. The molecule has 0 radical (unpaired) electrons. The van der Waals surface area contributed by atoms with Crippen LogP contribution in [0.5, 0.6) is 5.88 Å². The van der Waals surface area contributed by atoms with Gasteiger partial charge in [0.2, 0.25) is 11.8 Å². The molecule has 1 unspecified atom stereocenters. The zero-order chi connectivity index (χ0) is 25.2. The molecule has 11 nitrogen and oxygen atoms in total. The molecule has 1 fully saturated rings. The van der Waals surface area contributed by atoms with Gasteiger partial charge in [-0.15, -0.1) is 11.8 Å². The minimum atomic E-state index is -1.30. The third-order valence-electron chi connectivity index (χ3n) is 6.03. The Morgan fingerprint density at radius 1 is 1.31 bits per heavy atom. The van der Waals surface area contributed by atoms with Crippen LogP contribution in [0.4, 0.5) is 16.2 Å². The average Bonchev–Trinajstić information content (AvgIpc) is 3.28. The summed E-state index contributed by atoms with van der Waals surface area (Å²) < 4.78 is 10.5. The average molecular weight is 512 g/mol. The molecular formula is C24H25N5O6S. The Kier molecular flexibility index (Phi) is 6.92. The smallest absolute Gasteiger partial charge is 0.414 e. The van der Waals surface area contributed by atoms with E-state index in [2.05, 4.69) is 20.6 Å². The molecule has 2 aromatic carbocycles. The van der Waals surface area contributed by atoms with Crippen LogP contribution in [-0.2, 0) is 16.1 Å². The number of methoxy groups -OCH3 is 1. The summed E-state index contributed by atoms with van der Waals surface area (Å²) in [5.41, 5.74) is 3.42. The molecule has 36 heavy (non-hydrogen) atoms. The number of benzene rings is 2. The molecule has 2 amide bonds. The van der Waals surface area contributed by atoms with Crippen molar-refractivity contribution in [2.45, 2.75) is 29.8 Å². The number of nitrogens with zero attached hydrogens (tertiary/aromatic N) is 3. The monoisotopic (exact) mass is 511 g/mol. The minimum Gasteiger partial charge on any atom is -0.480 e. The number of carbonyl (C=O) groups is 2. The molecule has 12 heteroatoms. The van der Waals surface area contributed by atoms with E-state index < -0.39 is 24.4 Å². The zero-order valence-electron chi connectivity index (χ0n) is 19.4. The number of cyclic esters (lactones) is 1. The highest BCUT2D eigenvalue weighted by Gasteiger charge is 2.39. The minimum absolute atomic E-state index is 0.0606. The van der Waals surface area contributed by atoms with E-state index in [9.17, 15) is 19.8 Å². The van der Waals surface area contributed by atoms with Crippen LogP contribution in [0, 0.1) is 0 Å². The topological polar surface area (TPSA) is 146 Å². The van der Waals surface area contributed by atoms with E-state index in [1.54, 1.807) is 18.3 Å². The van der Waals surface area contributed by atoms with Gasteiger partial charge in [-0.3, -0.25) is 9.69 Å². The highest BCUT2D eigenvalue weighted by Crippen LogP contribution is 2.35. The Bertz CT molecular complexity index is 1310. The summed E-state index contributed by atoms with van der Waals surface area (Å²) >= 11 is 1.43. The lowest BCUT2D eigenvalue weighted by Gasteiger charge is -2.23. The van der Waals surface area contributed by atoms with Gasteiger partial charge < -0.3 is 30.3 Å². The largest absolute Gasteiger partial charge is 0.480 e. The number of nitrogens with one attached hydrogen (secondary N) is 2. The first kappa shape index (κ1) is 24.3. The second-order valence-electron chi connectivity index (χ2n) is 8.44. The first-order valence-electron chi connectivity index (χ1n) is 11.3. The number of hydrogen-bond donors (Lipinski definition) is 4. The van der Waals surface area contributed by atoms with Gasteiger partial charge in [0.15, 0.2) is 6.10 Å². The van der Waals surface area contributed by atoms with Gasteiger partial charge in [0.1, 0.15) is 6.10 Å². The molecule has 2 aliphatic rings. The Morgan fingerprint density at radius 3 is 3.00 bits per heavy atom. The third-order valence-corrected chi connectivity index (χ3v) is 7.10. The van der Waals surface area contributed by atoms with Gasteiger partial charge in [-0.05, 0) is 29.8 Å². The molecule has 3 atom stereocenters. The number of amides is 2. The van der Waals surface area contributed by atoms with Crippen molar-refractivity contribution in [3.05, 3.63) is 48.2 Å². The highest BCUT2D eigenvalue weighted by molar-refractivity contribution is 8.00. The molecule has 2 aliphatic heterocycles. The quantitative estimate of drug-likeness (QED) is 0.351. The molecule has 188 valence electrons. The maximum absolute atomic E-state index is 12.5. The number of carbonyl (C=O) groups excluding carboxylic acids is 2. The van der Waals surface area contributed by atoms with Crippen LogP contribution < -0.4 is 20.3 Å². The van der Waals surface area contributed by atoms with Crippen LogP contribution in [-0.4, -0.2) is 76.4 Å². The summed E-state index contributed by atoms with van der Waals surface area (Å²) in [6.07, 6.45) is -2.48. The summed E-state index contributed by atoms with van der Waals surface area (Å²) in [7, 11) is 1.52. The van der Waals surface area contributed by atoms with Crippen molar-refractivity contribution < 1.29 is 29.3 Å². The fraction of sp³-hybridized carbons (Fsp3) is 0.333. The van der Waals surface area contributed by atoms with E-state index in [0.29, 0.717) is 40.6 Å². The molecule has 3 heterocycles. The van der Waals surface area contributed by atoms with Gasteiger partial charge in [0, 0.05) is 23.7 Å². The fourth-order valence-electron chi connectivity index (χ4n) is 4.15. The second-order valence-corrected chi connectivity index (χ2v) is 9.45. The van der Waals surface area contributed by atoms with Crippen molar-refractivity contribution in [1.82, 2.24) is 15.3 Å². The number of para-hydroxylation sites is 1. The molecule has 5 rings (SSSR count). The number of aliphatic hydroxyl groups excluding tert-OH is 2. The van der Waals surface area contributed by atoms with Crippen LogP contribution in [0.3, 0.4) is 0 Å². The van der Waals surface area contributed by atoms with E-state index in [0.717, 1.165) is 10.5 Å². The van der Waals surface area contributed by atoms with Gasteiger partial charge in [0.05, 0.1) is 48.4 Å². The molecule has 4 N–H and O–H groups in total. The molecular weight excluding hydrogens is 486 g/mol. The van der Waals surface area contributed by atoms with Crippen LogP contribution >= 0.6 is 11.8 Å². The van der Waals surface area contributed by atoms with Crippen LogP contribution in [0.25, 0.3) is 11.0 Å². The van der Waals surface area contributed by atoms with Crippen molar-refractivity contribution in [2.75, 3.05) is 36.2 Å². The number of fused-ring (bicyclic) bond motifs is 2. The predicted molar refractivity (Wildman–Crippen MR) is 133 cm³/mol. The Balaban J connectivity index is 1.19. The van der Waals surface area contributed by atoms with Crippen molar-refractivity contribution in [1.29, 1.82) is 0 Å². The SMILES string of the molecule is COc1cnc2cccc(CNC[C@@H](O)[C@H](O)C3CN(c4ccc5c(c4)NC(=O)CS5)C(=O)O3)c2n1. The molecule has 0 spiro atoms. The summed E-state index contributed by atoms with van der Waals surface area (Å²) in [5.74, 6) is 0.644. The number of rotatable bonds is 8. The number of thioether (sulfide) groups is 1. The standard InChI is InChI=1S/C24H25N5O6S/c1-34-21-10-26-15-4-2-3-13(22(15)28-21)8-25-9-17(30)23(32)18-11-29(24(33)35-18)14-5-6-19-16(7-14)27-20(31)12-36-19/h2-7,10,17-18,23,25,30,32H,8-9,11-12H2,1H3,(H,27,31)/t17-,18?,23+/m1/s1. The van der Waals surface area contributed by atoms with Gasteiger partial charge in [-0.1, -0.05) is 12.1 Å². The second kappa shape index (κ2) is 10.3. The Morgan fingerprint density at radius 2 is 2.17 bits per heavy atom. The first-order valence-corrected chi connectivity index (χ1v) is 12.3. The lowest BCUT2D eigenvalue weighted by Crippen LogP contribution is -2.44. The number of ether oxygens (including phenoxy) is 2. The number of aromatic nitrogens is 2. The number of aliphatic hydroxyl groups is 2. The summed E-state index contributed by atoms with van der Waals surface area (Å²) in [6, 6.07) is 10.9. The van der Waals surface area contributed by atoms with Crippen LogP contribution in [0.2, 0.25) is 0 Å². The normalized spacial score (nSPS) is 19.0. The van der Waals surface area contributed by atoms with Gasteiger partial charge in [-0.2, -0.15) is 0 Å². The van der Waals surface area contributed by atoms with Crippen molar-refractivity contribution in [3.8, 4) is 5.88 Å². The fourth-order valence-corrected chi connectivity index (χ4v) is 4.94. The third kappa shape index (κ3) is 4.93. The van der Waals surface area contributed by atoms with Crippen LogP contribution in [0.15, 0.2) is 47.5 Å². The summed E-state index contributed by atoms with van der Waals surface area (Å²) in [5, 5.41) is 27.1. The van der Waals surface area contributed by atoms with Crippen molar-refractivity contribution in [2.24, 2.45) is 0 Å². The van der Waals surface area contributed by atoms with E-state index >= 15 is 0 Å².